The largest absolute Gasteiger partial charge is 0.310 e. The Morgan fingerprint density at radius 3 is 2.85 bits per heavy atom. The molecule has 13 heavy (non-hydrogen) atoms. The van der Waals surface area contributed by atoms with E-state index in [1.54, 1.807) is 12.4 Å². The maximum Gasteiger partial charge on any atom is 0.141 e. The molecule has 1 aromatic heterocycles. The number of hydrogen-bond acceptors (Lipinski definition) is 3. The van der Waals surface area contributed by atoms with Crippen LogP contribution < -0.4 is 5.32 Å². The van der Waals surface area contributed by atoms with Crippen molar-refractivity contribution in [1.29, 1.82) is 0 Å². The van der Waals surface area contributed by atoms with Crippen molar-refractivity contribution in [3.05, 3.63) is 36.4 Å². The molecule has 0 aromatic carbocycles. The van der Waals surface area contributed by atoms with Gasteiger partial charge in [0.15, 0.2) is 0 Å². The molecule has 0 bridgehead atoms. The van der Waals surface area contributed by atoms with Crippen molar-refractivity contribution in [3.8, 4) is 0 Å². The van der Waals surface area contributed by atoms with Crippen molar-refractivity contribution in [2.45, 2.75) is 19.9 Å². The maximum absolute atomic E-state index is 4.10. The Morgan fingerprint density at radius 1 is 1.38 bits per heavy atom. The number of rotatable bonds is 5. The minimum Gasteiger partial charge on any atom is -0.310 e. The lowest BCUT2D eigenvalue weighted by Gasteiger charge is -2.00. The summed E-state index contributed by atoms with van der Waals surface area (Å²) in [5.41, 5.74) is 0. The molecule has 1 aromatic rings. The highest BCUT2D eigenvalue weighted by Gasteiger charge is 1.91. The zero-order valence-corrected chi connectivity index (χ0v) is 7.90. The predicted octanol–water partition coefficient (Wildman–Crippen LogP) is 1.53. The van der Waals surface area contributed by atoms with Gasteiger partial charge in [0.2, 0.25) is 0 Å². The summed E-state index contributed by atoms with van der Waals surface area (Å²) in [6.07, 6.45) is 8.77. The SMILES string of the molecule is C/C=C/CCNCc1ncccn1. The molecule has 0 aliphatic carbocycles. The molecule has 1 heterocycles. The molecule has 0 unspecified atom stereocenters. The lowest BCUT2D eigenvalue weighted by atomic mass is 10.4. The van der Waals surface area contributed by atoms with Crippen LogP contribution in [-0.4, -0.2) is 16.5 Å². The van der Waals surface area contributed by atoms with E-state index in [0.717, 1.165) is 25.3 Å². The minimum absolute atomic E-state index is 0.748. The van der Waals surface area contributed by atoms with E-state index in [1.165, 1.54) is 0 Å². The van der Waals surface area contributed by atoms with Crippen LogP contribution in [0, 0.1) is 0 Å². The van der Waals surface area contributed by atoms with Crippen LogP contribution in [0.25, 0.3) is 0 Å². The number of nitrogens with zero attached hydrogens (tertiary/aromatic N) is 2. The smallest absolute Gasteiger partial charge is 0.141 e. The predicted molar refractivity (Wildman–Crippen MR) is 53.2 cm³/mol. The first kappa shape index (κ1) is 9.86. The van der Waals surface area contributed by atoms with E-state index in [2.05, 4.69) is 27.4 Å². The first-order valence-electron chi connectivity index (χ1n) is 4.51. The molecule has 3 nitrogen and oxygen atoms in total. The summed E-state index contributed by atoms with van der Waals surface area (Å²) in [7, 11) is 0. The fourth-order valence-corrected chi connectivity index (χ4v) is 0.974. The topological polar surface area (TPSA) is 37.8 Å². The van der Waals surface area contributed by atoms with Crippen molar-refractivity contribution < 1.29 is 0 Å². The third kappa shape index (κ3) is 4.38. The Morgan fingerprint density at radius 2 is 2.15 bits per heavy atom. The second-order valence-electron chi connectivity index (χ2n) is 2.70. The van der Waals surface area contributed by atoms with Crippen LogP contribution in [0.3, 0.4) is 0 Å². The van der Waals surface area contributed by atoms with Crippen molar-refractivity contribution in [2.75, 3.05) is 6.54 Å². The molecular formula is C10H15N3. The van der Waals surface area contributed by atoms with Crippen LogP contribution in [0.15, 0.2) is 30.6 Å². The van der Waals surface area contributed by atoms with Crippen molar-refractivity contribution in [1.82, 2.24) is 15.3 Å². The number of hydrogen-bond donors (Lipinski definition) is 1. The van der Waals surface area contributed by atoms with Crippen LogP contribution in [0.5, 0.6) is 0 Å². The van der Waals surface area contributed by atoms with Crippen molar-refractivity contribution >= 4 is 0 Å². The van der Waals surface area contributed by atoms with Gasteiger partial charge in [0.05, 0.1) is 6.54 Å². The monoisotopic (exact) mass is 177 g/mol. The van der Waals surface area contributed by atoms with Gasteiger partial charge in [-0.25, -0.2) is 9.97 Å². The second kappa shape index (κ2) is 6.31. The average molecular weight is 177 g/mol. The van der Waals surface area contributed by atoms with E-state index in [0.29, 0.717) is 0 Å². The van der Waals surface area contributed by atoms with Crippen molar-refractivity contribution in [2.24, 2.45) is 0 Å². The minimum atomic E-state index is 0.748. The van der Waals surface area contributed by atoms with E-state index in [9.17, 15) is 0 Å². The molecule has 0 atom stereocenters. The Kier molecular flexibility index (Phi) is 4.79. The maximum atomic E-state index is 4.10. The third-order valence-electron chi connectivity index (χ3n) is 1.63. The van der Waals surface area contributed by atoms with Gasteiger partial charge in [0, 0.05) is 12.4 Å². The van der Waals surface area contributed by atoms with Crippen LogP contribution in [0.1, 0.15) is 19.2 Å². The highest BCUT2D eigenvalue weighted by molar-refractivity contribution is 4.88. The molecule has 1 N–H and O–H groups in total. The standard InChI is InChI=1S/C10H15N3/c1-2-3-4-6-11-9-10-12-7-5-8-13-10/h2-3,5,7-8,11H,4,6,9H2,1H3/b3-2+. The number of nitrogens with one attached hydrogen (secondary N) is 1. The first-order valence-corrected chi connectivity index (χ1v) is 4.51. The fraction of sp³-hybridized carbons (Fsp3) is 0.400. The molecule has 0 fully saturated rings. The molecule has 3 heteroatoms. The van der Waals surface area contributed by atoms with Gasteiger partial charge in [-0.15, -0.1) is 0 Å². The van der Waals surface area contributed by atoms with E-state index in [1.807, 2.05) is 13.0 Å². The average Bonchev–Trinajstić information content (AvgIpc) is 2.19. The number of allylic oxidation sites excluding steroid dienone is 1. The van der Waals surface area contributed by atoms with Gasteiger partial charge in [0.25, 0.3) is 0 Å². The van der Waals surface area contributed by atoms with Gasteiger partial charge in [-0.3, -0.25) is 0 Å². The van der Waals surface area contributed by atoms with Crippen LogP contribution in [0.4, 0.5) is 0 Å². The van der Waals surface area contributed by atoms with Gasteiger partial charge in [-0.1, -0.05) is 12.2 Å². The van der Waals surface area contributed by atoms with Gasteiger partial charge >= 0.3 is 0 Å². The van der Waals surface area contributed by atoms with Gasteiger partial charge in [-0.2, -0.15) is 0 Å². The van der Waals surface area contributed by atoms with E-state index in [-0.39, 0.29) is 0 Å². The summed E-state index contributed by atoms with van der Waals surface area (Å²) in [5.74, 6) is 0.850. The molecule has 0 aliphatic heterocycles. The van der Waals surface area contributed by atoms with Crippen LogP contribution in [-0.2, 0) is 6.54 Å². The summed E-state index contributed by atoms with van der Waals surface area (Å²) >= 11 is 0. The molecule has 0 spiro atoms. The lowest BCUT2D eigenvalue weighted by Crippen LogP contribution is -2.15. The zero-order valence-electron chi connectivity index (χ0n) is 7.90. The first-order chi connectivity index (χ1) is 6.43. The Bertz CT molecular complexity index is 244. The summed E-state index contributed by atoms with van der Waals surface area (Å²) in [4.78, 5) is 8.21. The highest BCUT2D eigenvalue weighted by Crippen LogP contribution is 1.86. The Labute approximate surface area is 78.9 Å². The van der Waals surface area contributed by atoms with Gasteiger partial charge < -0.3 is 5.32 Å². The molecule has 0 radical (unpaired) electrons. The van der Waals surface area contributed by atoms with Gasteiger partial charge in [0.1, 0.15) is 5.82 Å². The Hall–Kier alpha value is -1.22. The fourth-order valence-electron chi connectivity index (χ4n) is 0.974. The quantitative estimate of drug-likeness (QED) is 0.547. The summed E-state index contributed by atoms with van der Waals surface area (Å²) in [6, 6.07) is 1.82. The zero-order chi connectivity index (χ0) is 9.36. The molecule has 0 amide bonds. The summed E-state index contributed by atoms with van der Waals surface area (Å²) < 4.78 is 0. The van der Waals surface area contributed by atoms with Gasteiger partial charge in [-0.05, 0) is 26.0 Å². The summed E-state index contributed by atoms with van der Waals surface area (Å²) in [5, 5.41) is 3.26. The van der Waals surface area contributed by atoms with E-state index >= 15 is 0 Å². The van der Waals surface area contributed by atoms with Crippen LogP contribution >= 0.6 is 0 Å². The molecular weight excluding hydrogens is 162 g/mol. The molecule has 0 saturated heterocycles. The molecule has 70 valence electrons. The number of aromatic nitrogens is 2. The van der Waals surface area contributed by atoms with E-state index < -0.39 is 0 Å². The molecule has 0 aliphatic rings. The van der Waals surface area contributed by atoms with E-state index in [4.69, 9.17) is 0 Å². The normalized spacial score (nSPS) is 10.8. The van der Waals surface area contributed by atoms with Crippen molar-refractivity contribution in [3.63, 3.8) is 0 Å². The molecule has 1 rings (SSSR count). The van der Waals surface area contributed by atoms with Crippen LogP contribution in [0.2, 0.25) is 0 Å². The highest BCUT2D eigenvalue weighted by atomic mass is 14.9. The molecule has 0 saturated carbocycles. The Balaban J connectivity index is 2.13. The third-order valence-corrected chi connectivity index (χ3v) is 1.63. The second-order valence-corrected chi connectivity index (χ2v) is 2.70. The summed E-state index contributed by atoms with van der Waals surface area (Å²) in [6.45, 7) is 3.75. The lowest BCUT2D eigenvalue weighted by molar-refractivity contribution is 0.665.